The van der Waals surface area contributed by atoms with Crippen LogP contribution < -0.4 is 15.0 Å². The number of hydrogen-bond donors (Lipinski definition) is 1. The summed E-state index contributed by atoms with van der Waals surface area (Å²) in [6.07, 6.45) is 3.78. The van der Waals surface area contributed by atoms with E-state index in [-0.39, 0.29) is 18.8 Å². The minimum Gasteiger partial charge on any atom is -0.474 e. The maximum Gasteiger partial charge on any atom is 0.416 e. The lowest BCUT2D eigenvalue weighted by atomic mass is 10.0. The lowest BCUT2D eigenvalue weighted by Gasteiger charge is -2.30. The van der Waals surface area contributed by atoms with Crippen molar-refractivity contribution in [3.8, 4) is 29.4 Å². The van der Waals surface area contributed by atoms with Gasteiger partial charge < -0.3 is 29.2 Å². The third-order valence-electron chi connectivity index (χ3n) is 7.50. The summed E-state index contributed by atoms with van der Waals surface area (Å²) in [6.45, 7) is 5.99. The number of benzene rings is 2. The summed E-state index contributed by atoms with van der Waals surface area (Å²) in [5.74, 6) is 2.21. The molecule has 9 nitrogen and oxygen atoms in total. The van der Waals surface area contributed by atoms with Gasteiger partial charge in [0, 0.05) is 41.7 Å². The molecule has 1 saturated heterocycles. The van der Waals surface area contributed by atoms with E-state index in [1.807, 2.05) is 37.3 Å². The lowest BCUT2D eigenvalue weighted by molar-refractivity contribution is -0.137. The van der Waals surface area contributed by atoms with Crippen molar-refractivity contribution in [2.75, 3.05) is 56.3 Å². The van der Waals surface area contributed by atoms with E-state index in [2.05, 4.69) is 26.1 Å². The van der Waals surface area contributed by atoms with Crippen LogP contribution in [-0.4, -0.2) is 62.0 Å². The van der Waals surface area contributed by atoms with Gasteiger partial charge in [0.15, 0.2) is 0 Å². The van der Waals surface area contributed by atoms with Crippen LogP contribution in [0.3, 0.4) is 0 Å². The van der Waals surface area contributed by atoms with Crippen LogP contribution in [0.25, 0.3) is 11.1 Å². The summed E-state index contributed by atoms with van der Waals surface area (Å²) in [5.41, 5.74) is 4.24. The molecule has 0 spiro atoms. The number of anilines is 2. The van der Waals surface area contributed by atoms with Gasteiger partial charge in [0.1, 0.15) is 18.9 Å². The van der Waals surface area contributed by atoms with Crippen molar-refractivity contribution in [3.05, 3.63) is 101 Å². The molecule has 2 aromatic heterocycles. The number of morpholine rings is 1. The van der Waals surface area contributed by atoms with Crippen molar-refractivity contribution in [3.63, 3.8) is 0 Å². The fourth-order valence-electron chi connectivity index (χ4n) is 5.01. The van der Waals surface area contributed by atoms with Crippen LogP contribution in [0.5, 0.6) is 5.88 Å². The van der Waals surface area contributed by atoms with Crippen LogP contribution >= 0.6 is 0 Å². The van der Waals surface area contributed by atoms with Gasteiger partial charge in [0.05, 0.1) is 50.5 Å². The molecule has 12 heteroatoms. The molecule has 4 aromatic rings. The van der Waals surface area contributed by atoms with Gasteiger partial charge in [-0.25, -0.2) is 4.98 Å². The van der Waals surface area contributed by atoms with Crippen molar-refractivity contribution in [2.24, 2.45) is 0 Å². The van der Waals surface area contributed by atoms with Crippen LogP contribution in [0.2, 0.25) is 0 Å². The molecule has 2 aromatic carbocycles. The van der Waals surface area contributed by atoms with E-state index in [9.17, 15) is 18.0 Å². The first-order chi connectivity index (χ1) is 23.2. The Morgan fingerprint density at radius 2 is 1.71 bits per heavy atom. The van der Waals surface area contributed by atoms with E-state index in [1.165, 1.54) is 18.3 Å². The van der Waals surface area contributed by atoms with Gasteiger partial charge in [-0.2, -0.15) is 13.2 Å². The average Bonchev–Trinajstić information content (AvgIpc) is 3.10. The average molecular weight is 661 g/mol. The van der Waals surface area contributed by atoms with Gasteiger partial charge in [0.25, 0.3) is 5.91 Å². The van der Waals surface area contributed by atoms with E-state index in [0.29, 0.717) is 68.9 Å². The number of aromatic nitrogens is 2. The Morgan fingerprint density at radius 1 is 0.979 bits per heavy atom. The van der Waals surface area contributed by atoms with Gasteiger partial charge >= 0.3 is 6.18 Å². The Morgan fingerprint density at radius 3 is 2.42 bits per heavy atom. The number of aryl methyl sites for hydroxylation is 1. The molecule has 0 unspecified atom stereocenters. The molecule has 1 amide bonds. The predicted octanol–water partition coefficient (Wildman–Crippen LogP) is 6.31. The molecule has 0 aliphatic carbocycles. The number of alkyl halides is 3. The van der Waals surface area contributed by atoms with Gasteiger partial charge in [-0.3, -0.25) is 9.78 Å². The molecular weight excluding hydrogens is 625 g/mol. The molecule has 1 aliphatic rings. The van der Waals surface area contributed by atoms with Gasteiger partial charge in [-0.15, -0.1) is 6.42 Å². The molecular formula is C36H35F3N4O5. The number of amides is 1. The third kappa shape index (κ3) is 9.32. The maximum absolute atomic E-state index is 13.2. The summed E-state index contributed by atoms with van der Waals surface area (Å²) in [6, 6.07) is 15.8. The number of hydrogen-bond acceptors (Lipinski definition) is 8. The number of pyridine rings is 2. The van der Waals surface area contributed by atoms with E-state index in [1.54, 1.807) is 12.3 Å². The molecule has 1 N–H and O–H groups in total. The standard InChI is InChI=1S/C36H35F3N4O5/c1-3-13-46-23-26-7-9-27(10-8-26)24-47-16-17-48-35-33(43-11-14-45-15-12-43)19-29(21-41-35)32-20-31(22-40-25(32)2)42-34(44)28-5-4-6-30(18-28)36(37,38)39/h1,4-10,18-22H,11-17,23-24H2,2H3,(H,42,44). The summed E-state index contributed by atoms with van der Waals surface area (Å²) in [5, 5.41) is 2.66. The molecule has 48 heavy (non-hydrogen) atoms. The number of halogens is 3. The van der Waals surface area contributed by atoms with Crippen LogP contribution in [-0.2, 0) is 33.6 Å². The van der Waals surface area contributed by atoms with Crippen molar-refractivity contribution in [1.29, 1.82) is 0 Å². The Labute approximate surface area is 277 Å². The SMILES string of the molecule is C#CCOCc1ccc(COCCOc2ncc(-c3cc(NC(=O)c4cccc(C(F)(F)F)c4)cnc3C)cc2N2CCOCC2)cc1. The van der Waals surface area contributed by atoms with Gasteiger partial charge in [-0.05, 0) is 48.4 Å². The highest BCUT2D eigenvalue weighted by Gasteiger charge is 2.31. The molecule has 0 bridgehead atoms. The van der Waals surface area contributed by atoms with Crippen LogP contribution in [0.15, 0.2) is 73.1 Å². The number of nitrogens with one attached hydrogen (secondary N) is 1. The summed E-state index contributed by atoms with van der Waals surface area (Å²) < 4.78 is 62.3. The summed E-state index contributed by atoms with van der Waals surface area (Å²) in [7, 11) is 0. The van der Waals surface area contributed by atoms with E-state index in [4.69, 9.17) is 25.4 Å². The Balaban J connectivity index is 1.25. The first-order valence-electron chi connectivity index (χ1n) is 15.3. The van der Waals surface area contributed by atoms with Gasteiger partial charge in [-0.1, -0.05) is 36.3 Å². The molecule has 1 aliphatic heterocycles. The van der Waals surface area contributed by atoms with Crippen molar-refractivity contribution in [1.82, 2.24) is 9.97 Å². The van der Waals surface area contributed by atoms with Crippen molar-refractivity contribution in [2.45, 2.75) is 26.3 Å². The first kappa shape index (κ1) is 34.4. The van der Waals surface area contributed by atoms with Crippen molar-refractivity contribution >= 4 is 17.3 Å². The summed E-state index contributed by atoms with van der Waals surface area (Å²) >= 11 is 0. The Bertz CT molecular complexity index is 1740. The van der Waals surface area contributed by atoms with Crippen LogP contribution in [0.1, 0.15) is 32.7 Å². The Kier molecular flexibility index (Phi) is 11.6. The molecule has 0 saturated carbocycles. The first-order valence-corrected chi connectivity index (χ1v) is 15.3. The Hall–Kier alpha value is -4.96. The number of rotatable bonds is 13. The second-order valence-electron chi connectivity index (χ2n) is 11.0. The largest absolute Gasteiger partial charge is 0.474 e. The van der Waals surface area contributed by atoms with Crippen LogP contribution in [0, 0.1) is 19.3 Å². The monoisotopic (exact) mass is 660 g/mol. The molecule has 0 radical (unpaired) electrons. The molecule has 1 fully saturated rings. The molecule has 3 heterocycles. The topological polar surface area (TPSA) is 95.0 Å². The zero-order valence-corrected chi connectivity index (χ0v) is 26.4. The highest BCUT2D eigenvalue weighted by molar-refractivity contribution is 6.04. The molecule has 250 valence electrons. The minimum absolute atomic E-state index is 0.117. The van der Waals surface area contributed by atoms with Crippen molar-refractivity contribution < 1.29 is 36.9 Å². The number of terminal acetylenes is 1. The van der Waals surface area contributed by atoms with Crippen LogP contribution in [0.4, 0.5) is 24.5 Å². The highest BCUT2D eigenvalue weighted by atomic mass is 19.4. The second-order valence-corrected chi connectivity index (χ2v) is 11.0. The quantitative estimate of drug-likeness (QED) is 0.132. The zero-order chi connectivity index (χ0) is 33.9. The normalized spacial score (nSPS) is 13.2. The maximum atomic E-state index is 13.2. The number of carbonyl (C=O) groups is 1. The van der Waals surface area contributed by atoms with E-state index in [0.717, 1.165) is 34.5 Å². The smallest absolute Gasteiger partial charge is 0.416 e. The summed E-state index contributed by atoms with van der Waals surface area (Å²) in [4.78, 5) is 24.0. The fraction of sp³-hybridized carbons (Fsp3) is 0.306. The number of ether oxygens (including phenoxy) is 4. The molecule has 5 rings (SSSR count). The third-order valence-corrected chi connectivity index (χ3v) is 7.50. The fourth-order valence-corrected chi connectivity index (χ4v) is 5.01. The lowest BCUT2D eigenvalue weighted by Crippen LogP contribution is -2.36. The second kappa shape index (κ2) is 16.2. The predicted molar refractivity (Wildman–Crippen MR) is 175 cm³/mol. The zero-order valence-electron chi connectivity index (χ0n) is 26.4. The van der Waals surface area contributed by atoms with Gasteiger partial charge in [0.2, 0.25) is 5.88 Å². The number of carbonyl (C=O) groups excluding carboxylic acids is 1. The minimum atomic E-state index is -4.56. The number of nitrogens with zero attached hydrogens (tertiary/aromatic N) is 3. The molecule has 0 atom stereocenters. The van der Waals surface area contributed by atoms with E-state index >= 15 is 0 Å². The van der Waals surface area contributed by atoms with E-state index < -0.39 is 17.6 Å². The highest BCUT2D eigenvalue weighted by Crippen LogP contribution is 2.34.